The number of hydrogen-bond acceptors (Lipinski definition) is 3. The van der Waals surface area contributed by atoms with Crippen molar-refractivity contribution in [2.45, 2.75) is 31.8 Å². The van der Waals surface area contributed by atoms with E-state index in [9.17, 15) is 5.11 Å². The molecule has 0 saturated heterocycles. The summed E-state index contributed by atoms with van der Waals surface area (Å²) in [7, 11) is 1.68. The molecule has 0 heterocycles. The summed E-state index contributed by atoms with van der Waals surface area (Å²) in [6, 6.07) is 0. The van der Waals surface area contributed by atoms with E-state index in [4.69, 9.17) is 10.5 Å². The number of nitrogens with two attached hydrogens (primary N) is 1. The molecule has 0 saturated carbocycles. The lowest BCUT2D eigenvalue weighted by atomic mass is 10.00. The Morgan fingerprint density at radius 1 is 1.45 bits per heavy atom. The van der Waals surface area contributed by atoms with Gasteiger partial charge in [0.15, 0.2) is 0 Å². The number of unbranched alkanes of at least 4 members (excludes halogenated alkanes) is 1. The first kappa shape index (κ1) is 10.9. The Hall–Kier alpha value is -0.120. The van der Waals surface area contributed by atoms with Gasteiger partial charge in [-0.25, -0.2) is 0 Å². The molecule has 3 nitrogen and oxygen atoms in total. The van der Waals surface area contributed by atoms with Gasteiger partial charge in [-0.3, -0.25) is 0 Å². The van der Waals surface area contributed by atoms with Crippen LogP contribution in [0.15, 0.2) is 0 Å². The normalized spacial score (nSPS) is 16.4. The summed E-state index contributed by atoms with van der Waals surface area (Å²) in [6.07, 6.45) is 2.72. The fourth-order valence-electron chi connectivity index (χ4n) is 0.854. The molecule has 0 aliphatic heterocycles. The number of methoxy groups -OCH3 is 1. The zero-order valence-electron chi connectivity index (χ0n) is 7.47. The smallest absolute Gasteiger partial charge is 0.0741 e. The van der Waals surface area contributed by atoms with Gasteiger partial charge in [0.1, 0.15) is 0 Å². The third-order valence-electron chi connectivity index (χ3n) is 1.75. The van der Waals surface area contributed by atoms with Crippen LogP contribution in [0.25, 0.3) is 0 Å². The first-order valence-corrected chi connectivity index (χ1v) is 4.04. The van der Waals surface area contributed by atoms with Gasteiger partial charge in [0.05, 0.1) is 5.60 Å². The quantitative estimate of drug-likeness (QED) is 0.558. The highest BCUT2D eigenvalue weighted by Gasteiger charge is 2.16. The Bertz CT molecular complexity index is 94.1. The molecular formula is C8H19NO2. The summed E-state index contributed by atoms with van der Waals surface area (Å²) in [6.45, 7) is 2.86. The van der Waals surface area contributed by atoms with E-state index in [1.165, 1.54) is 0 Å². The molecule has 0 aliphatic rings. The lowest BCUT2D eigenvalue weighted by molar-refractivity contribution is 0.0548. The molecule has 3 N–H and O–H groups in total. The topological polar surface area (TPSA) is 55.5 Å². The molecule has 3 heteroatoms. The first-order valence-electron chi connectivity index (χ1n) is 4.04. The molecular weight excluding hydrogens is 142 g/mol. The minimum absolute atomic E-state index is 0.333. The molecule has 1 atom stereocenters. The molecule has 0 rings (SSSR count). The third-order valence-corrected chi connectivity index (χ3v) is 1.75. The second kappa shape index (κ2) is 5.52. The predicted molar refractivity (Wildman–Crippen MR) is 45.4 cm³/mol. The van der Waals surface area contributed by atoms with Crippen LogP contribution in [0.5, 0.6) is 0 Å². The zero-order valence-corrected chi connectivity index (χ0v) is 7.47. The number of hydrogen-bond donors (Lipinski definition) is 2. The van der Waals surface area contributed by atoms with E-state index in [0.29, 0.717) is 6.54 Å². The van der Waals surface area contributed by atoms with Crippen molar-refractivity contribution in [1.82, 2.24) is 0 Å². The van der Waals surface area contributed by atoms with Crippen LogP contribution >= 0.6 is 0 Å². The molecule has 0 spiro atoms. The highest BCUT2D eigenvalue weighted by Crippen LogP contribution is 2.11. The Balaban J connectivity index is 3.23. The average molecular weight is 161 g/mol. The van der Waals surface area contributed by atoms with Crippen molar-refractivity contribution in [3.63, 3.8) is 0 Å². The van der Waals surface area contributed by atoms with Crippen LogP contribution in [-0.4, -0.2) is 31.0 Å². The Morgan fingerprint density at radius 2 is 2.09 bits per heavy atom. The van der Waals surface area contributed by atoms with Crippen LogP contribution in [0.3, 0.4) is 0 Å². The van der Waals surface area contributed by atoms with E-state index in [0.717, 1.165) is 25.9 Å². The SMILES string of the molecule is COCCCCC(C)(O)CN. The molecule has 0 aromatic rings. The molecule has 0 aromatic carbocycles. The Kier molecular flexibility index (Phi) is 5.46. The second-order valence-corrected chi connectivity index (χ2v) is 3.15. The molecule has 0 fully saturated rings. The molecule has 0 bridgehead atoms. The molecule has 1 unspecified atom stereocenters. The van der Waals surface area contributed by atoms with Crippen molar-refractivity contribution in [2.24, 2.45) is 5.73 Å². The number of aliphatic hydroxyl groups is 1. The van der Waals surface area contributed by atoms with Gasteiger partial charge in [0.25, 0.3) is 0 Å². The van der Waals surface area contributed by atoms with Crippen LogP contribution in [0.4, 0.5) is 0 Å². The maximum Gasteiger partial charge on any atom is 0.0741 e. The first-order chi connectivity index (χ1) is 5.12. The van der Waals surface area contributed by atoms with Crippen LogP contribution in [0.2, 0.25) is 0 Å². The van der Waals surface area contributed by atoms with Gasteiger partial charge in [-0.1, -0.05) is 0 Å². The summed E-state index contributed by atoms with van der Waals surface area (Å²) in [5.41, 5.74) is 4.65. The van der Waals surface area contributed by atoms with E-state index in [1.54, 1.807) is 14.0 Å². The Labute approximate surface area is 68.5 Å². The third kappa shape index (κ3) is 6.28. The maximum atomic E-state index is 9.46. The monoisotopic (exact) mass is 161 g/mol. The summed E-state index contributed by atoms with van der Waals surface area (Å²) >= 11 is 0. The highest BCUT2D eigenvalue weighted by molar-refractivity contribution is 4.72. The predicted octanol–water partition coefficient (Wildman–Crippen LogP) is 0.513. The maximum absolute atomic E-state index is 9.46. The fourth-order valence-corrected chi connectivity index (χ4v) is 0.854. The molecule has 0 aliphatic carbocycles. The molecule has 11 heavy (non-hydrogen) atoms. The van der Waals surface area contributed by atoms with Crippen LogP contribution < -0.4 is 5.73 Å². The van der Waals surface area contributed by atoms with Crippen LogP contribution in [0.1, 0.15) is 26.2 Å². The van der Waals surface area contributed by atoms with Crippen molar-refractivity contribution in [1.29, 1.82) is 0 Å². The van der Waals surface area contributed by atoms with Crippen LogP contribution in [0, 0.1) is 0 Å². The molecule has 68 valence electrons. The van der Waals surface area contributed by atoms with E-state index >= 15 is 0 Å². The Morgan fingerprint density at radius 3 is 2.55 bits per heavy atom. The van der Waals surface area contributed by atoms with Gasteiger partial charge < -0.3 is 15.6 Å². The van der Waals surface area contributed by atoms with Crippen LogP contribution in [-0.2, 0) is 4.74 Å². The van der Waals surface area contributed by atoms with E-state index in [1.807, 2.05) is 0 Å². The van der Waals surface area contributed by atoms with Gasteiger partial charge in [-0.15, -0.1) is 0 Å². The van der Waals surface area contributed by atoms with Crippen molar-refractivity contribution < 1.29 is 9.84 Å². The van der Waals surface area contributed by atoms with Gasteiger partial charge in [-0.2, -0.15) is 0 Å². The van der Waals surface area contributed by atoms with Crippen molar-refractivity contribution in [2.75, 3.05) is 20.3 Å². The van der Waals surface area contributed by atoms with E-state index in [-0.39, 0.29) is 0 Å². The van der Waals surface area contributed by atoms with E-state index in [2.05, 4.69) is 0 Å². The van der Waals surface area contributed by atoms with Crippen molar-refractivity contribution in [3.8, 4) is 0 Å². The van der Waals surface area contributed by atoms with Gasteiger partial charge in [0, 0.05) is 20.3 Å². The largest absolute Gasteiger partial charge is 0.389 e. The molecule has 0 radical (unpaired) electrons. The fraction of sp³-hybridized carbons (Fsp3) is 1.00. The lowest BCUT2D eigenvalue weighted by Crippen LogP contribution is -2.33. The van der Waals surface area contributed by atoms with Crippen molar-refractivity contribution >= 4 is 0 Å². The molecule has 0 amide bonds. The number of rotatable bonds is 6. The van der Waals surface area contributed by atoms with E-state index < -0.39 is 5.60 Å². The van der Waals surface area contributed by atoms with Crippen molar-refractivity contribution in [3.05, 3.63) is 0 Å². The standard InChI is InChI=1S/C8H19NO2/c1-8(10,7-9)5-3-4-6-11-2/h10H,3-7,9H2,1-2H3. The lowest BCUT2D eigenvalue weighted by Gasteiger charge is -2.20. The minimum atomic E-state index is -0.687. The van der Waals surface area contributed by atoms with Gasteiger partial charge in [0.2, 0.25) is 0 Å². The average Bonchev–Trinajstić information content (AvgIpc) is 1.99. The summed E-state index contributed by atoms with van der Waals surface area (Å²) < 4.78 is 4.88. The highest BCUT2D eigenvalue weighted by atomic mass is 16.5. The van der Waals surface area contributed by atoms with Gasteiger partial charge >= 0.3 is 0 Å². The minimum Gasteiger partial charge on any atom is -0.389 e. The molecule has 0 aromatic heterocycles. The number of ether oxygens (including phenoxy) is 1. The second-order valence-electron chi connectivity index (χ2n) is 3.15. The summed E-state index contributed by atoms with van der Waals surface area (Å²) in [4.78, 5) is 0. The summed E-state index contributed by atoms with van der Waals surface area (Å²) in [5, 5.41) is 9.46. The summed E-state index contributed by atoms with van der Waals surface area (Å²) in [5.74, 6) is 0. The zero-order chi connectivity index (χ0) is 8.74. The van der Waals surface area contributed by atoms with Gasteiger partial charge in [-0.05, 0) is 26.2 Å².